The zero-order valence-electron chi connectivity index (χ0n) is 18.8. The number of hydrogen-bond donors (Lipinski definition) is 0. The van der Waals surface area contributed by atoms with Gasteiger partial charge in [0.1, 0.15) is 10.7 Å². The number of rotatable bonds is 8. The molecule has 178 valence electrons. The number of sulfone groups is 2. The molecule has 34 heavy (non-hydrogen) atoms. The molecule has 0 aliphatic rings. The van der Waals surface area contributed by atoms with Crippen molar-refractivity contribution in [3.63, 3.8) is 0 Å². The largest absolute Gasteiger partial charge is 0.305 e. The van der Waals surface area contributed by atoms with E-state index in [2.05, 4.69) is 0 Å². The molecule has 0 bridgehead atoms. The highest BCUT2D eigenvalue weighted by atomic mass is 32.2. The summed E-state index contributed by atoms with van der Waals surface area (Å²) in [6, 6.07) is 13.5. The number of halogens is 1. The molecule has 0 spiro atoms. The minimum absolute atomic E-state index is 0.0641. The lowest BCUT2D eigenvalue weighted by Gasteiger charge is -2.09. The minimum Gasteiger partial charge on any atom is -0.305 e. The molecule has 0 amide bonds. The van der Waals surface area contributed by atoms with Crippen molar-refractivity contribution in [2.24, 2.45) is 0 Å². The Balaban J connectivity index is 2.26. The van der Waals surface area contributed by atoms with Crippen molar-refractivity contribution in [2.45, 2.75) is 36.6 Å². The van der Waals surface area contributed by atoms with Crippen molar-refractivity contribution in [3.8, 4) is 0 Å². The zero-order valence-corrected chi connectivity index (χ0v) is 20.4. The third-order valence-electron chi connectivity index (χ3n) is 5.62. The summed E-state index contributed by atoms with van der Waals surface area (Å²) >= 11 is 0. The van der Waals surface area contributed by atoms with Gasteiger partial charge in [0, 0.05) is 17.1 Å². The van der Waals surface area contributed by atoms with Crippen LogP contribution in [-0.4, -0.2) is 38.5 Å². The molecule has 2 heterocycles. The van der Waals surface area contributed by atoms with E-state index >= 15 is 0 Å². The summed E-state index contributed by atoms with van der Waals surface area (Å²) in [5.74, 6) is -1.82. The van der Waals surface area contributed by atoms with Gasteiger partial charge in [-0.1, -0.05) is 38.1 Å². The lowest BCUT2D eigenvalue weighted by Crippen LogP contribution is -2.17. The topological polar surface area (TPSA) is 89.8 Å². The van der Waals surface area contributed by atoms with Crippen molar-refractivity contribution in [3.05, 3.63) is 77.7 Å². The SMILES string of the molecule is CCCS(=O)(=O)c1c(C(=O)c2ccc(F)cc2)c2c3ccccc3ccn2c1S(=O)(=O)CCC. The first-order valence-electron chi connectivity index (χ1n) is 10.9. The van der Waals surface area contributed by atoms with Gasteiger partial charge in [-0.15, -0.1) is 0 Å². The van der Waals surface area contributed by atoms with E-state index in [1.54, 1.807) is 44.2 Å². The second kappa shape index (κ2) is 8.96. The Morgan fingerprint density at radius 1 is 0.853 bits per heavy atom. The van der Waals surface area contributed by atoms with Crippen molar-refractivity contribution in [2.75, 3.05) is 11.5 Å². The van der Waals surface area contributed by atoms with Crippen LogP contribution in [-0.2, 0) is 19.7 Å². The molecule has 4 rings (SSSR count). The first-order chi connectivity index (χ1) is 16.1. The number of nitrogens with zero attached hydrogens (tertiary/aromatic N) is 1. The van der Waals surface area contributed by atoms with Crippen molar-refractivity contribution in [1.82, 2.24) is 4.40 Å². The summed E-state index contributed by atoms with van der Waals surface area (Å²) in [6.07, 6.45) is 2.01. The maximum absolute atomic E-state index is 13.8. The summed E-state index contributed by atoms with van der Waals surface area (Å²) < 4.78 is 68.8. The van der Waals surface area contributed by atoms with Gasteiger partial charge in [-0.25, -0.2) is 21.2 Å². The van der Waals surface area contributed by atoms with Crippen LogP contribution in [0.2, 0.25) is 0 Å². The number of fused-ring (bicyclic) bond motifs is 3. The Kier molecular flexibility index (Phi) is 6.35. The molecular formula is C25H24FNO5S2. The van der Waals surface area contributed by atoms with E-state index in [1.165, 1.54) is 22.7 Å². The van der Waals surface area contributed by atoms with E-state index in [4.69, 9.17) is 0 Å². The van der Waals surface area contributed by atoms with Gasteiger partial charge >= 0.3 is 0 Å². The molecule has 0 fully saturated rings. The van der Waals surface area contributed by atoms with Crippen molar-refractivity contribution < 1.29 is 26.0 Å². The van der Waals surface area contributed by atoms with Gasteiger partial charge in [0.05, 0.1) is 22.6 Å². The standard InChI is InChI=1S/C25H24FNO5S2/c1-3-15-33(29,30)24-21(23(28)18-9-11-19(26)12-10-18)22-20-8-6-5-7-17(20)13-14-27(22)25(24)34(31,32)16-4-2/h5-14H,3-4,15-16H2,1-2H3. The van der Waals surface area contributed by atoms with E-state index in [-0.39, 0.29) is 41.0 Å². The van der Waals surface area contributed by atoms with Gasteiger partial charge in [-0.2, -0.15) is 0 Å². The summed E-state index contributed by atoms with van der Waals surface area (Å²) in [7, 11) is -8.23. The van der Waals surface area contributed by atoms with Crippen LogP contribution < -0.4 is 0 Å². The molecule has 6 nitrogen and oxygen atoms in total. The lowest BCUT2D eigenvalue weighted by molar-refractivity contribution is 0.103. The predicted octanol–water partition coefficient (Wildman–Crippen LogP) is 4.83. The minimum atomic E-state index is -4.16. The maximum Gasteiger partial charge on any atom is 0.196 e. The van der Waals surface area contributed by atoms with Crippen LogP contribution >= 0.6 is 0 Å². The Morgan fingerprint density at radius 2 is 1.47 bits per heavy atom. The normalized spacial score (nSPS) is 12.4. The van der Waals surface area contributed by atoms with E-state index < -0.39 is 41.2 Å². The van der Waals surface area contributed by atoms with Crippen LogP contribution in [0, 0.1) is 5.82 Å². The van der Waals surface area contributed by atoms with Gasteiger partial charge in [0.2, 0.25) is 0 Å². The van der Waals surface area contributed by atoms with E-state index in [0.29, 0.717) is 5.39 Å². The maximum atomic E-state index is 13.8. The first kappa shape index (κ1) is 24.1. The molecule has 4 aromatic rings. The van der Waals surface area contributed by atoms with Crippen LogP contribution in [0.4, 0.5) is 4.39 Å². The molecule has 2 aromatic heterocycles. The number of carbonyl (C=O) groups excluding carboxylic acids is 1. The second-order valence-corrected chi connectivity index (χ2v) is 12.2. The van der Waals surface area contributed by atoms with E-state index in [9.17, 15) is 26.0 Å². The molecule has 0 N–H and O–H groups in total. The quantitative estimate of drug-likeness (QED) is 0.323. The Hall–Kier alpha value is -3.04. The summed E-state index contributed by atoms with van der Waals surface area (Å²) in [5, 5.41) is 0.870. The van der Waals surface area contributed by atoms with Crippen LogP contribution in [0.1, 0.15) is 42.6 Å². The Labute approximate surface area is 197 Å². The number of aromatic nitrogens is 1. The Bertz CT molecular complexity index is 1620. The molecule has 0 radical (unpaired) electrons. The molecule has 0 atom stereocenters. The zero-order chi connectivity index (χ0) is 24.7. The van der Waals surface area contributed by atoms with Gasteiger partial charge < -0.3 is 4.40 Å². The highest BCUT2D eigenvalue weighted by molar-refractivity contribution is 7.94. The van der Waals surface area contributed by atoms with Crippen molar-refractivity contribution in [1.29, 1.82) is 0 Å². The van der Waals surface area contributed by atoms with Crippen molar-refractivity contribution >= 4 is 41.7 Å². The first-order valence-corrected chi connectivity index (χ1v) is 14.2. The molecular weight excluding hydrogens is 477 g/mol. The van der Waals surface area contributed by atoms with Gasteiger partial charge in [0.15, 0.2) is 30.5 Å². The number of carbonyl (C=O) groups is 1. The van der Waals surface area contributed by atoms with Crippen LogP contribution in [0.3, 0.4) is 0 Å². The highest BCUT2D eigenvalue weighted by Crippen LogP contribution is 2.38. The third kappa shape index (κ3) is 4.03. The summed E-state index contributed by atoms with van der Waals surface area (Å²) in [6.45, 7) is 3.36. The van der Waals surface area contributed by atoms with Gasteiger partial charge in [-0.3, -0.25) is 4.79 Å². The van der Waals surface area contributed by atoms with Crippen LogP contribution in [0.15, 0.2) is 70.7 Å². The van der Waals surface area contributed by atoms with E-state index in [1.807, 2.05) is 0 Å². The van der Waals surface area contributed by atoms with Crippen LogP contribution in [0.5, 0.6) is 0 Å². The summed E-state index contributed by atoms with van der Waals surface area (Å²) in [5.41, 5.74) is 0.0672. The highest BCUT2D eigenvalue weighted by Gasteiger charge is 2.37. The predicted molar refractivity (Wildman–Crippen MR) is 129 cm³/mol. The van der Waals surface area contributed by atoms with Gasteiger partial charge in [0.25, 0.3) is 0 Å². The Morgan fingerprint density at radius 3 is 2.12 bits per heavy atom. The number of ketones is 1. The monoisotopic (exact) mass is 501 g/mol. The fraction of sp³-hybridized carbons (Fsp3) is 0.240. The molecule has 0 unspecified atom stereocenters. The molecule has 0 aliphatic heterocycles. The average Bonchev–Trinajstić information content (AvgIpc) is 3.17. The number of hydrogen-bond acceptors (Lipinski definition) is 5. The fourth-order valence-corrected chi connectivity index (χ4v) is 8.17. The smallest absolute Gasteiger partial charge is 0.196 e. The number of pyridine rings is 1. The molecule has 0 saturated heterocycles. The molecule has 0 saturated carbocycles. The third-order valence-corrected chi connectivity index (χ3v) is 9.65. The lowest BCUT2D eigenvalue weighted by atomic mass is 10.0. The average molecular weight is 502 g/mol. The fourth-order valence-electron chi connectivity index (χ4n) is 4.24. The van der Waals surface area contributed by atoms with Gasteiger partial charge in [-0.05, 0) is 48.6 Å². The molecule has 0 aliphatic carbocycles. The number of benzene rings is 2. The summed E-state index contributed by atoms with van der Waals surface area (Å²) in [4.78, 5) is 13.3. The molecule has 9 heteroatoms. The second-order valence-electron chi connectivity index (χ2n) is 8.10. The van der Waals surface area contributed by atoms with Crippen LogP contribution in [0.25, 0.3) is 16.3 Å². The molecule has 2 aromatic carbocycles. The van der Waals surface area contributed by atoms with E-state index in [0.717, 1.165) is 17.5 Å².